The third-order valence-electron chi connectivity index (χ3n) is 5.25. The SMILES string of the molecule is CCCCCCCCN1CCN(Cn2nc(-c3ccccc3)oc2=S)CC1. The van der Waals surface area contributed by atoms with Crippen LogP contribution in [0.15, 0.2) is 34.7 Å². The van der Waals surface area contributed by atoms with Crippen LogP contribution in [-0.2, 0) is 6.67 Å². The van der Waals surface area contributed by atoms with Crippen molar-refractivity contribution >= 4 is 12.2 Å². The third kappa shape index (κ3) is 6.26. The number of hydrogen-bond acceptors (Lipinski definition) is 5. The van der Waals surface area contributed by atoms with Crippen LogP contribution in [0, 0.1) is 4.84 Å². The van der Waals surface area contributed by atoms with Crippen LogP contribution in [0.1, 0.15) is 45.4 Å². The minimum absolute atomic E-state index is 0.448. The minimum Gasteiger partial charge on any atom is -0.409 e. The van der Waals surface area contributed by atoms with Gasteiger partial charge < -0.3 is 9.32 Å². The van der Waals surface area contributed by atoms with Gasteiger partial charge in [0.2, 0.25) is 5.89 Å². The summed E-state index contributed by atoms with van der Waals surface area (Å²) in [4.78, 5) is 5.45. The van der Waals surface area contributed by atoms with Crippen LogP contribution in [0.3, 0.4) is 0 Å². The molecule has 0 bridgehead atoms. The van der Waals surface area contributed by atoms with Crippen LogP contribution < -0.4 is 0 Å². The fraction of sp³-hybridized carbons (Fsp3) is 0.619. The lowest BCUT2D eigenvalue weighted by atomic mass is 10.1. The molecule has 2 heterocycles. The largest absolute Gasteiger partial charge is 0.409 e. The van der Waals surface area contributed by atoms with Crippen LogP contribution in [0.5, 0.6) is 0 Å². The van der Waals surface area contributed by atoms with Crippen molar-refractivity contribution in [3.05, 3.63) is 35.2 Å². The molecule has 1 aromatic carbocycles. The zero-order valence-corrected chi connectivity index (χ0v) is 17.3. The first-order chi connectivity index (χ1) is 13.3. The molecule has 0 saturated carbocycles. The molecule has 0 N–H and O–H groups in total. The van der Waals surface area contributed by atoms with Gasteiger partial charge in [0.25, 0.3) is 4.84 Å². The van der Waals surface area contributed by atoms with Crippen LogP contribution in [0.4, 0.5) is 0 Å². The van der Waals surface area contributed by atoms with E-state index < -0.39 is 0 Å². The van der Waals surface area contributed by atoms with Gasteiger partial charge in [0.1, 0.15) is 0 Å². The second-order valence-electron chi connectivity index (χ2n) is 7.41. The molecule has 2 aromatic rings. The molecule has 0 amide bonds. The van der Waals surface area contributed by atoms with Gasteiger partial charge in [-0.15, -0.1) is 5.10 Å². The lowest BCUT2D eigenvalue weighted by molar-refractivity contribution is 0.100. The van der Waals surface area contributed by atoms with Gasteiger partial charge in [-0.1, -0.05) is 57.2 Å². The predicted molar refractivity (Wildman–Crippen MR) is 112 cm³/mol. The van der Waals surface area contributed by atoms with E-state index in [4.69, 9.17) is 16.6 Å². The highest BCUT2D eigenvalue weighted by Gasteiger charge is 2.18. The maximum Gasteiger partial charge on any atom is 0.288 e. The summed E-state index contributed by atoms with van der Waals surface area (Å²) >= 11 is 5.36. The first-order valence-corrected chi connectivity index (χ1v) is 10.7. The van der Waals surface area contributed by atoms with E-state index >= 15 is 0 Å². The van der Waals surface area contributed by atoms with Crippen molar-refractivity contribution in [1.29, 1.82) is 0 Å². The number of benzene rings is 1. The Hall–Kier alpha value is -1.50. The van der Waals surface area contributed by atoms with E-state index in [9.17, 15) is 0 Å². The molecule has 27 heavy (non-hydrogen) atoms. The van der Waals surface area contributed by atoms with Gasteiger partial charge in [0.15, 0.2) is 0 Å². The van der Waals surface area contributed by atoms with Gasteiger partial charge in [-0.05, 0) is 37.3 Å². The Labute approximate surface area is 168 Å². The van der Waals surface area contributed by atoms with E-state index in [-0.39, 0.29) is 0 Å². The summed E-state index contributed by atoms with van der Waals surface area (Å²) in [7, 11) is 0. The van der Waals surface area contributed by atoms with Crippen LogP contribution in [0.2, 0.25) is 0 Å². The van der Waals surface area contributed by atoms with Crippen molar-refractivity contribution in [2.75, 3.05) is 32.7 Å². The fourth-order valence-electron chi connectivity index (χ4n) is 3.55. The van der Waals surface area contributed by atoms with E-state index in [1.165, 1.54) is 45.1 Å². The summed E-state index contributed by atoms with van der Waals surface area (Å²) in [6.07, 6.45) is 8.20. The summed E-state index contributed by atoms with van der Waals surface area (Å²) < 4.78 is 7.49. The van der Waals surface area contributed by atoms with Crippen molar-refractivity contribution in [2.45, 2.75) is 52.1 Å². The normalized spacial score (nSPS) is 16.0. The van der Waals surface area contributed by atoms with Crippen molar-refractivity contribution < 1.29 is 4.42 Å². The average molecular weight is 389 g/mol. The maximum atomic E-state index is 5.69. The summed E-state index contributed by atoms with van der Waals surface area (Å²) in [5.41, 5.74) is 0.964. The number of aromatic nitrogens is 2. The molecule has 1 saturated heterocycles. The molecule has 3 rings (SSSR count). The number of hydrogen-bond donors (Lipinski definition) is 0. The van der Waals surface area contributed by atoms with Gasteiger partial charge in [0, 0.05) is 31.7 Å². The summed E-state index contributed by atoms with van der Waals surface area (Å²) in [5, 5.41) is 4.57. The highest BCUT2D eigenvalue weighted by molar-refractivity contribution is 7.71. The Bertz CT molecular complexity index is 719. The maximum absolute atomic E-state index is 5.69. The Kier molecular flexibility index (Phi) is 8.05. The van der Waals surface area contributed by atoms with Crippen LogP contribution in [0.25, 0.3) is 11.5 Å². The van der Waals surface area contributed by atoms with E-state index in [1.807, 2.05) is 30.3 Å². The molecule has 0 radical (unpaired) electrons. The van der Waals surface area contributed by atoms with Crippen molar-refractivity contribution in [1.82, 2.24) is 19.6 Å². The topological polar surface area (TPSA) is 37.4 Å². The summed E-state index contributed by atoms with van der Waals surface area (Å²) in [6.45, 7) is 8.60. The summed E-state index contributed by atoms with van der Waals surface area (Å²) in [5.74, 6) is 0.599. The molecule has 1 aliphatic rings. The van der Waals surface area contributed by atoms with E-state index in [2.05, 4.69) is 21.8 Å². The molecule has 1 fully saturated rings. The van der Waals surface area contributed by atoms with Gasteiger partial charge >= 0.3 is 0 Å². The monoisotopic (exact) mass is 388 g/mol. The predicted octanol–water partition coefficient (Wildman–Crippen LogP) is 4.81. The zero-order chi connectivity index (χ0) is 18.9. The number of piperazine rings is 1. The van der Waals surface area contributed by atoms with Crippen molar-refractivity contribution in [3.8, 4) is 11.5 Å². The Morgan fingerprint density at radius 1 is 0.926 bits per heavy atom. The lowest BCUT2D eigenvalue weighted by Gasteiger charge is -2.34. The molecule has 1 aromatic heterocycles. The van der Waals surface area contributed by atoms with Crippen LogP contribution in [-0.4, -0.2) is 52.3 Å². The van der Waals surface area contributed by atoms with Gasteiger partial charge in [-0.25, -0.2) is 4.68 Å². The van der Waals surface area contributed by atoms with Crippen molar-refractivity contribution in [3.63, 3.8) is 0 Å². The number of nitrogens with zero attached hydrogens (tertiary/aromatic N) is 4. The summed E-state index contributed by atoms with van der Waals surface area (Å²) in [6, 6.07) is 9.93. The number of rotatable bonds is 10. The van der Waals surface area contributed by atoms with Gasteiger partial charge in [-0.3, -0.25) is 4.90 Å². The van der Waals surface area contributed by atoms with E-state index in [0.717, 1.165) is 31.7 Å². The second kappa shape index (κ2) is 10.7. The average Bonchev–Trinajstić information content (AvgIpc) is 3.07. The molecule has 148 valence electrons. The molecular formula is C21H32N4OS. The smallest absolute Gasteiger partial charge is 0.288 e. The number of unbranched alkanes of at least 4 members (excludes halogenated alkanes) is 5. The molecule has 0 unspecified atom stereocenters. The first kappa shape index (κ1) is 20.2. The molecule has 1 aliphatic heterocycles. The Morgan fingerprint density at radius 2 is 1.59 bits per heavy atom. The third-order valence-corrected chi connectivity index (χ3v) is 5.55. The van der Waals surface area contributed by atoms with Crippen LogP contribution >= 0.6 is 12.2 Å². The standard InChI is InChI=1S/C21H32N4OS/c1-2-3-4-5-6-10-13-23-14-16-24(17-15-23)18-25-21(27)26-20(22-25)19-11-8-7-9-12-19/h7-9,11-12H,2-6,10,13-18H2,1H3. The highest BCUT2D eigenvalue weighted by atomic mass is 32.1. The first-order valence-electron chi connectivity index (χ1n) is 10.3. The Morgan fingerprint density at radius 3 is 2.33 bits per heavy atom. The van der Waals surface area contributed by atoms with Crippen molar-refractivity contribution in [2.24, 2.45) is 0 Å². The zero-order valence-electron chi connectivity index (χ0n) is 16.5. The molecule has 0 aliphatic carbocycles. The van der Waals surface area contributed by atoms with Gasteiger partial charge in [0.05, 0.1) is 6.67 Å². The quantitative estimate of drug-likeness (QED) is 0.431. The molecular weight excluding hydrogens is 356 g/mol. The molecule has 5 nitrogen and oxygen atoms in total. The van der Waals surface area contributed by atoms with E-state index in [1.54, 1.807) is 4.68 Å². The minimum atomic E-state index is 0.448. The molecule has 0 spiro atoms. The fourth-order valence-corrected chi connectivity index (χ4v) is 3.73. The molecule has 0 atom stereocenters. The second-order valence-corrected chi connectivity index (χ2v) is 7.76. The van der Waals surface area contributed by atoms with Gasteiger partial charge in [-0.2, -0.15) is 0 Å². The Balaban J connectivity index is 1.41. The van der Waals surface area contributed by atoms with E-state index in [0.29, 0.717) is 17.4 Å². The highest BCUT2D eigenvalue weighted by Crippen LogP contribution is 2.17. The lowest BCUT2D eigenvalue weighted by Crippen LogP contribution is -2.47. The molecule has 6 heteroatoms.